The average molecular weight is 372 g/mol. The van der Waals surface area contributed by atoms with Crippen LogP contribution in [0.15, 0.2) is 0 Å². The van der Waals surface area contributed by atoms with Crippen molar-refractivity contribution in [1.82, 2.24) is 4.90 Å². The molecule has 0 aromatic rings. The first kappa shape index (κ1) is 23.4. The minimum Gasteiger partial charge on any atom is -0.394 e. The molecule has 0 spiro atoms. The summed E-state index contributed by atoms with van der Waals surface area (Å²) < 4.78 is 0. The van der Waals surface area contributed by atoms with Gasteiger partial charge in [-0.05, 0) is 18.8 Å². The van der Waals surface area contributed by atoms with E-state index >= 15 is 0 Å². The molecule has 1 heterocycles. The first-order valence-electron chi connectivity index (χ1n) is 10.7. The van der Waals surface area contributed by atoms with Crippen LogP contribution in [0.4, 0.5) is 0 Å². The maximum Gasteiger partial charge on any atom is 0.220 e. The zero-order chi connectivity index (χ0) is 19.5. The molecule has 1 aliphatic heterocycles. The Hall–Kier alpha value is -0.650. The Balaban J connectivity index is 1.97. The van der Waals surface area contributed by atoms with Crippen LogP contribution in [-0.2, 0) is 4.79 Å². The molecule has 1 saturated heterocycles. The third-order valence-corrected chi connectivity index (χ3v) is 6.10. The summed E-state index contributed by atoms with van der Waals surface area (Å²) in [4.78, 5) is 13.2. The number of hydrogen-bond donors (Lipinski definition) is 3. The van der Waals surface area contributed by atoms with Gasteiger partial charge in [-0.2, -0.15) is 0 Å². The van der Waals surface area contributed by atoms with Gasteiger partial charge in [-0.3, -0.25) is 4.79 Å². The molecule has 0 aliphatic carbocycles. The van der Waals surface area contributed by atoms with Gasteiger partial charge in [0.1, 0.15) is 0 Å². The highest BCUT2D eigenvalue weighted by Crippen LogP contribution is 2.30. The molecule has 1 fully saturated rings. The van der Waals surface area contributed by atoms with Crippen LogP contribution in [-0.4, -0.2) is 57.0 Å². The molecule has 0 radical (unpaired) electrons. The molecule has 154 valence electrons. The van der Waals surface area contributed by atoms with Crippen LogP contribution in [0, 0.1) is 5.92 Å². The van der Waals surface area contributed by atoms with Crippen molar-refractivity contribution >= 4 is 5.91 Å². The molecule has 1 amide bonds. The number of hydrogen-bond acceptors (Lipinski definition) is 4. The van der Waals surface area contributed by atoms with Gasteiger partial charge in [0.2, 0.25) is 5.91 Å². The van der Waals surface area contributed by atoms with Crippen LogP contribution in [0.2, 0.25) is 0 Å². The fraction of sp³-hybridized carbons (Fsp3) is 0.952. The van der Waals surface area contributed by atoms with E-state index in [2.05, 4.69) is 13.8 Å². The summed E-state index contributed by atoms with van der Waals surface area (Å²) in [5.74, 6) is 0.355. The number of aliphatic hydroxyl groups excluding tert-OH is 3. The highest BCUT2D eigenvalue weighted by atomic mass is 16.3. The first-order valence-corrected chi connectivity index (χ1v) is 10.7. The van der Waals surface area contributed by atoms with E-state index in [0.717, 1.165) is 38.5 Å². The highest BCUT2D eigenvalue weighted by molar-refractivity contribution is 5.75. The van der Waals surface area contributed by atoms with Crippen molar-refractivity contribution in [2.24, 2.45) is 5.92 Å². The summed E-state index contributed by atoms with van der Waals surface area (Å²) in [5.41, 5.74) is 0. The van der Waals surface area contributed by atoms with Crippen molar-refractivity contribution in [2.75, 3.05) is 6.61 Å². The second kappa shape index (κ2) is 12.7. The van der Waals surface area contributed by atoms with Gasteiger partial charge in [-0.1, -0.05) is 71.6 Å². The molecule has 1 rings (SSSR count). The highest BCUT2D eigenvalue weighted by Gasteiger charge is 2.47. The van der Waals surface area contributed by atoms with Crippen LogP contribution >= 0.6 is 0 Å². The van der Waals surface area contributed by atoms with Crippen molar-refractivity contribution in [2.45, 2.75) is 116 Å². The fourth-order valence-corrected chi connectivity index (χ4v) is 4.03. The van der Waals surface area contributed by atoms with Gasteiger partial charge >= 0.3 is 0 Å². The molecule has 5 nitrogen and oxygen atoms in total. The summed E-state index contributed by atoms with van der Waals surface area (Å²) >= 11 is 0. The lowest BCUT2D eigenvalue weighted by Gasteiger charge is -2.52. The van der Waals surface area contributed by atoms with Crippen molar-refractivity contribution in [1.29, 1.82) is 0 Å². The molecule has 26 heavy (non-hydrogen) atoms. The summed E-state index contributed by atoms with van der Waals surface area (Å²) in [6.45, 7) is 5.59. The SMILES string of the molecule is CC[C@H](C)[C@@H](O)CCCCCCCCCC[C@H]1[C@@H](O)[C@H](CO)N1C(C)=O. The Morgan fingerprint density at radius 1 is 1.00 bits per heavy atom. The van der Waals surface area contributed by atoms with E-state index in [1.807, 2.05) is 0 Å². The number of nitrogens with zero attached hydrogens (tertiary/aromatic N) is 1. The number of unbranched alkanes of at least 4 members (excludes halogenated alkanes) is 7. The van der Waals surface area contributed by atoms with E-state index < -0.39 is 12.1 Å². The van der Waals surface area contributed by atoms with Crippen LogP contribution in [0.1, 0.15) is 91.4 Å². The smallest absolute Gasteiger partial charge is 0.220 e. The minimum absolute atomic E-state index is 0.0576. The van der Waals surface area contributed by atoms with Crippen molar-refractivity contribution < 1.29 is 20.1 Å². The van der Waals surface area contributed by atoms with E-state index in [4.69, 9.17) is 0 Å². The molecule has 0 aromatic carbocycles. The van der Waals surface area contributed by atoms with Gasteiger partial charge in [0, 0.05) is 6.92 Å². The zero-order valence-electron chi connectivity index (χ0n) is 17.1. The number of amides is 1. The Labute approximate surface area is 159 Å². The third-order valence-electron chi connectivity index (χ3n) is 6.10. The van der Waals surface area contributed by atoms with Gasteiger partial charge in [0.25, 0.3) is 0 Å². The van der Waals surface area contributed by atoms with Gasteiger partial charge in [-0.25, -0.2) is 0 Å². The van der Waals surface area contributed by atoms with Crippen LogP contribution in [0.3, 0.4) is 0 Å². The molecule has 1 aliphatic rings. The lowest BCUT2D eigenvalue weighted by atomic mass is 9.85. The normalized spacial score (nSPS) is 25.0. The van der Waals surface area contributed by atoms with Crippen molar-refractivity contribution in [3.05, 3.63) is 0 Å². The first-order chi connectivity index (χ1) is 12.4. The van der Waals surface area contributed by atoms with Crippen LogP contribution < -0.4 is 0 Å². The van der Waals surface area contributed by atoms with Gasteiger partial charge in [0.05, 0.1) is 30.9 Å². The van der Waals surface area contributed by atoms with Crippen molar-refractivity contribution in [3.8, 4) is 0 Å². The molecular formula is C21H41NO4. The van der Waals surface area contributed by atoms with Crippen LogP contribution in [0.5, 0.6) is 0 Å². The number of likely N-dealkylation sites (tertiary alicyclic amines) is 1. The summed E-state index contributed by atoms with van der Waals surface area (Å²) in [6.07, 6.45) is 11.5. The summed E-state index contributed by atoms with van der Waals surface area (Å²) in [5, 5.41) is 29.2. The predicted octanol–water partition coefficient (Wildman–Crippen LogP) is 3.25. The summed E-state index contributed by atoms with van der Waals surface area (Å²) in [6, 6.07) is -0.516. The predicted molar refractivity (Wildman–Crippen MR) is 105 cm³/mol. The number of carbonyl (C=O) groups excluding carboxylic acids is 1. The average Bonchev–Trinajstić information content (AvgIpc) is 2.62. The summed E-state index contributed by atoms with van der Waals surface area (Å²) in [7, 11) is 0. The lowest BCUT2D eigenvalue weighted by molar-refractivity contribution is -0.169. The molecule has 0 unspecified atom stereocenters. The molecule has 5 atom stereocenters. The number of aliphatic hydroxyl groups is 3. The van der Waals surface area contributed by atoms with E-state index in [9.17, 15) is 20.1 Å². The molecule has 0 aromatic heterocycles. The van der Waals surface area contributed by atoms with Gasteiger partial charge in [-0.15, -0.1) is 0 Å². The second-order valence-electron chi connectivity index (χ2n) is 8.09. The van der Waals surface area contributed by atoms with Gasteiger partial charge in [0.15, 0.2) is 0 Å². The molecule has 5 heteroatoms. The van der Waals surface area contributed by atoms with E-state index in [-0.39, 0.29) is 24.7 Å². The topological polar surface area (TPSA) is 81.0 Å². The monoisotopic (exact) mass is 371 g/mol. The number of rotatable bonds is 14. The van der Waals surface area contributed by atoms with Crippen LogP contribution in [0.25, 0.3) is 0 Å². The van der Waals surface area contributed by atoms with Crippen molar-refractivity contribution in [3.63, 3.8) is 0 Å². The number of carbonyl (C=O) groups is 1. The minimum atomic E-state index is -0.574. The van der Waals surface area contributed by atoms with E-state index in [1.54, 1.807) is 4.90 Å². The molecule has 3 N–H and O–H groups in total. The maximum atomic E-state index is 11.6. The Morgan fingerprint density at radius 2 is 1.54 bits per heavy atom. The Kier molecular flexibility index (Phi) is 11.4. The Bertz CT molecular complexity index is 390. The molecular weight excluding hydrogens is 330 g/mol. The molecule has 0 saturated carbocycles. The van der Waals surface area contributed by atoms with E-state index in [0.29, 0.717) is 5.92 Å². The lowest BCUT2D eigenvalue weighted by Crippen LogP contribution is -2.70. The largest absolute Gasteiger partial charge is 0.394 e. The fourth-order valence-electron chi connectivity index (χ4n) is 4.03. The quantitative estimate of drug-likeness (QED) is 0.410. The Morgan fingerprint density at radius 3 is 2.04 bits per heavy atom. The maximum absolute atomic E-state index is 11.6. The third kappa shape index (κ3) is 7.16. The standard InChI is InChI=1S/C21H41NO4/c1-4-16(2)20(25)14-12-10-8-6-5-7-9-11-13-18-21(26)19(15-23)22(18)17(3)24/h16,18-21,23,25-26H,4-15H2,1-3H3/t16-,18-,19-,20-,21+/m0/s1. The van der Waals surface area contributed by atoms with E-state index in [1.165, 1.54) is 39.0 Å². The zero-order valence-corrected chi connectivity index (χ0v) is 17.1. The second-order valence-corrected chi connectivity index (χ2v) is 8.09. The van der Waals surface area contributed by atoms with Gasteiger partial charge < -0.3 is 20.2 Å². The molecule has 0 bridgehead atoms.